The van der Waals surface area contributed by atoms with Crippen molar-refractivity contribution >= 4 is 11.6 Å². The number of hydrogen-bond donors (Lipinski definition) is 2. The van der Waals surface area contributed by atoms with Gasteiger partial charge in [-0.2, -0.15) is 15.3 Å². The van der Waals surface area contributed by atoms with Crippen LogP contribution in [0.15, 0.2) is 24.3 Å². The number of anilines is 2. The minimum absolute atomic E-state index is 0.0911. The molecule has 4 rings (SSSR count). The molecule has 9 nitrogen and oxygen atoms in total. The maximum Gasteiger partial charge on any atom is 0.253 e. The summed E-state index contributed by atoms with van der Waals surface area (Å²) in [5.74, 6) is 1.17. The number of nitrogen functional groups attached to an aromatic ring is 1. The fourth-order valence-electron chi connectivity index (χ4n) is 3.51. The highest BCUT2D eigenvalue weighted by Crippen LogP contribution is 2.27. The van der Waals surface area contributed by atoms with Crippen LogP contribution in [0.1, 0.15) is 29.8 Å². The number of pyridine rings is 1. The summed E-state index contributed by atoms with van der Waals surface area (Å²) in [5, 5.41) is 23.8. The fourth-order valence-corrected chi connectivity index (χ4v) is 3.51. The first kappa shape index (κ1) is 18.8. The highest BCUT2D eigenvalue weighted by molar-refractivity contribution is 5.71. The van der Waals surface area contributed by atoms with Crippen LogP contribution in [-0.2, 0) is 0 Å². The second-order valence-electron chi connectivity index (χ2n) is 7.18. The van der Waals surface area contributed by atoms with Gasteiger partial charge in [-0.05, 0) is 44.9 Å². The lowest BCUT2D eigenvalue weighted by Gasteiger charge is -2.30. The lowest BCUT2D eigenvalue weighted by molar-refractivity contribution is 0.145. The Morgan fingerprint density at radius 1 is 1.17 bits per heavy atom. The quantitative estimate of drug-likeness (QED) is 0.692. The summed E-state index contributed by atoms with van der Waals surface area (Å²) in [6.07, 6.45) is 1.15. The Labute approximate surface area is 168 Å². The molecule has 3 N–H and O–H groups in total. The number of nitrogens with zero attached hydrogens (tertiary/aromatic N) is 7. The molecule has 1 saturated heterocycles. The number of aliphatic hydroxyl groups is 1. The summed E-state index contributed by atoms with van der Waals surface area (Å²) in [7, 11) is 0. The lowest BCUT2D eigenvalue weighted by atomic mass is 10.1. The Morgan fingerprint density at radius 2 is 1.93 bits per heavy atom. The van der Waals surface area contributed by atoms with Crippen molar-refractivity contribution in [2.45, 2.75) is 32.8 Å². The van der Waals surface area contributed by atoms with E-state index in [9.17, 15) is 10.4 Å². The molecular formula is C20H22N8O. The van der Waals surface area contributed by atoms with Gasteiger partial charge in [0, 0.05) is 18.8 Å². The molecule has 4 heterocycles. The van der Waals surface area contributed by atoms with Crippen molar-refractivity contribution in [2.75, 3.05) is 23.7 Å². The zero-order valence-electron chi connectivity index (χ0n) is 16.4. The van der Waals surface area contributed by atoms with Crippen LogP contribution < -0.4 is 10.6 Å². The molecule has 3 aromatic heterocycles. The van der Waals surface area contributed by atoms with Crippen LogP contribution >= 0.6 is 0 Å². The van der Waals surface area contributed by atoms with Crippen molar-refractivity contribution in [3.63, 3.8) is 0 Å². The smallest absolute Gasteiger partial charge is 0.253 e. The Hall–Kier alpha value is -3.51. The highest BCUT2D eigenvalue weighted by Gasteiger charge is 2.21. The highest BCUT2D eigenvalue weighted by atomic mass is 16.3. The molecule has 3 aromatic rings. The monoisotopic (exact) mass is 390 g/mol. The Bertz CT molecular complexity index is 1090. The van der Waals surface area contributed by atoms with E-state index in [1.807, 2.05) is 32.0 Å². The van der Waals surface area contributed by atoms with Gasteiger partial charge in [0.05, 0.1) is 17.5 Å². The van der Waals surface area contributed by atoms with Crippen LogP contribution in [0.3, 0.4) is 0 Å². The minimum Gasteiger partial charge on any atom is -0.393 e. The molecular weight excluding hydrogens is 368 g/mol. The molecule has 148 valence electrons. The van der Waals surface area contributed by atoms with E-state index in [2.05, 4.69) is 26.0 Å². The van der Waals surface area contributed by atoms with Gasteiger partial charge in [-0.3, -0.25) is 0 Å². The van der Waals surface area contributed by atoms with E-state index >= 15 is 0 Å². The summed E-state index contributed by atoms with van der Waals surface area (Å²) in [4.78, 5) is 15.7. The SMILES string of the molecule is Cc1cc(C)n(-c2nc(N)c(C#N)c(-c3cccc(N4CCC(O)CC4)n3)n2)n1. The van der Waals surface area contributed by atoms with Gasteiger partial charge in [0.25, 0.3) is 5.95 Å². The average Bonchev–Trinajstić information content (AvgIpc) is 3.06. The van der Waals surface area contributed by atoms with Crippen molar-refractivity contribution in [1.29, 1.82) is 5.26 Å². The minimum atomic E-state index is -0.260. The number of aromatic nitrogens is 5. The van der Waals surface area contributed by atoms with E-state index < -0.39 is 0 Å². The van der Waals surface area contributed by atoms with Crippen molar-refractivity contribution in [2.24, 2.45) is 0 Å². The van der Waals surface area contributed by atoms with Gasteiger partial charge >= 0.3 is 0 Å². The van der Waals surface area contributed by atoms with Crippen LogP contribution in [0.5, 0.6) is 0 Å². The third-order valence-electron chi connectivity index (χ3n) is 5.00. The van der Waals surface area contributed by atoms with Gasteiger partial charge in [-0.1, -0.05) is 6.07 Å². The molecule has 0 amide bonds. The molecule has 0 aromatic carbocycles. The lowest BCUT2D eigenvalue weighted by Crippen LogP contribution is -2.36. The van der Waals surface area contributed by atoms with Crippen LogP contribution in [0.25, 0.3) is 17.3 Å². The largest absolute Gasteiger partial charge is 0.393 e. The van der Waals surface area contributed by atoms with Gasteiger partial charge in [0.15, 0.2) is 0 Å². The summed E-state index contributed by atoms with van der Waals surface area (Å²) < 4.78 is 1.60. The molecule has 1 aliphatic rings. The van der Waals surface area contributed by atoms with Crippen LogP contribution in [0.2, 0.25) is 0 Å². The molecule has 29 heavy (non-hydrogen) atoms. The fraction of sp³-hybridized carbons (Fsp3) is 0.350. The zero-order valence-corrected chi connectivity index (χ0v) is 16.4. The molecule has 0 spiro atoms. The number of rotatable bonds is 3. The third-order valence-corrected chi connectivity index (χ3v) is 5.00. The van der Waals surface area contributed by atoms with Crippen molar-refractivity contribution in [1.82, 2.24) is 24.7 Å². The van der Waals surface area contributed by atoms with E-state index in [1.54, 1.807) is 10.7 Å². The number of nitrogens with two attached hydrogens (primary N) is 1. The maximum absolute atomic E-state index is 9.75. The number of aliphatic hydroxyl groups excluding tert-OH is 1. The second kappa shape index (κ2) is 7.48. The van der Waals surface area contributed by atoms with E-state index in [4.69, 9.17) is 10.7 Å². The first-order chi connectivity index (χ1) is 14.0. The van der Waals surface area contributed by atoms with Crippen LogP contribution in [0, 0.1) is 25.2 Å². The third kappa shape index (κ3) is 3.62. The van der Waals surface area contributed by atoms with Crippen molar-refractivity contribution in [3.05, 3.63) is 41.2 Å². The van der Waals surface area contributed by atoms with Gasteiger partial charge in [0.1, 0.15) is 29.0 Å². The molecule has 9 heteroatoms. The van der Waals surface area contributed by atoms with Gasteiger partial charge in [0.2, 0.25) is 0 Å². The molecule has 0 aliphatic carbocycles. The van der Waals surface area contributed by atoms with Crippen LogP contribution in [0.4, 0.5) is 11.6 Å². The topological polar surface area (TPSA) is 130 Å². The van der Waals surface area contributed by atoms with E-state index in [0.717, 1.165) is 30.3 Å². The maximum atomic E-state index is 9.75. The number of piperidine rings is 1. The van der Waals surface area contributed by atoms with Crippen molar-refractivity contribution in [3.8, 4) is 23.4 Å². The Balaban J connectivity index is 1.79. The van der Waals surface area contributed by atoms with Gasteiger partial charge < -0.3 is 15.7 Å². The summed E-state index contributed by atoms with van der Waals surface area (Å²) >= 11 is 0. The Kier molecular flexibility index (Phi) is 4.86. The Morgan fingerprint density at radius 3 is 2.59 bits per heavy atom. The second-order valence-corrected chi connectivity index (χ2v) is 7.18. The summed E-state index contributed by atoms with van der Waals surface area (Å²) in [5.41, 5.74) is 8.89. The first-order valence-electron chi connectivity index (χ1n) is 9.48. The first-order valence-corrected chi connectivity index (χ1v) is 9.48. The molecule has 0 atom stereocenters. The molecule has 0 radical (unpaired) electrons. The van der Waals surface area contributed by atoms with E-state index in [0.29, 0.717) is 30.2 Å². The molecule has 1 fully saturated rings. The molecule has 0 saturated carbocycles. The zero-order chi connectivity index (χ0) is 20.5. The number of nitriles is 1. The predicted molar refractivity (Wildman–Crippen MR) is 108 cm³/mol. The molecule has 0 unspecified atom stereocenters. The standard InChI is InChI=1S/C20H22N8O/c1-12-10-13(2)28(26-12)20-24-18(15(11-21)19(22)25-20)16-4-3-5-17(23-16)27-8-6-14(29)7-9-27/h3-5,10,14,29H,6-9H2,1-2H3,(H2,22,24,25). The molecule has 1 aliphatic heterocycles. The summed E-state index contributed by atoms with van der Waals surface area (Å²) in [6.45, 7) is 5.25. The molecule has 0 bridgehead atoms. The van der Waals surface area contributed by atoms with E-state index in [-0.39, 0.29) is 17.5 Å². The average molecular weight is 390 g/mol. The predicted octanol–water partition coefficient (Wildman–Crippen LogP) is 1.76. The number of aryl methyl sites for hydroxylation is 2. The van der Waals surface area contributed by atoms with Gasteiger partial charge in [-0.15, -0.1) is 0 Å². The van der Waals surface area contributed by atoms with E-state index in [1.165, 1.54) is 0 Å². The van der Waals surface area contributed by atoms with Crippen LogP contribution in [-0.4, -0.2) is 49.0 Å². The summed E-state index contributed by atoms with van der Waals surface area (Å²) in [6, 6.07) is 9.62. The van der Waals surface area contributed by atoms with Crippen molar-refractivity contribution < 1.29 is 5.11 Å². The van der Waals surface area contributed by atoms with Gasteiger partial charge in [-0.25, -0.2) is 14.6 Å². The number of hydrogen-bond acceptors (Lipinski definition) is 8. The normalized spacial score (nSPS) is 14.8.